The van der Waals surface area contributed by atoms with Gasteiger partial charge in [0.1, 0.15) is 25.4 Å². The normalized spacial score (nSPS) is 14.9. The summed E-state index contributed by atoms with van der Waals surface area (Å²) >= 11 is 0. The molecule has 0 aliphatic heterocycles. The van der Waals surface area contributed by atoms with Crippen molar-refractivity contribution in [2.24, 2.45) is 0 Å². The van der Waals surface area contributed by atoms with Gasteiger partial charge < -0.3 is 34.2 Å². The van der Waals surface area contributed by atoms with Crippen LogP contribution in [-0.4, -0.2) is 95.9 Å². The molecule has 0 aliphatic rings. The summed E-state index contributed by atoms with van der Waals surface area (Å²) in [5, 5.41) is 20.7. The Kier molecular flexibility index (Phi) is 74.3. The van der Waals surface area contributed by atoms with Gasteiger partial charge >= 0.3 is 33.6 Å². The maximum Gasteiger partial charge on any atom is 0.472 e. The number of unbranched alkanes of at least 4 members (excludes halogenated alkanes) is 21. The average Bonchev–Trinajstić information content (AvgIpc) is 0.962. The van der Waals surface area contributed by atoms with E-state index in [2.05, 4.69) is 203 Å². The number of carbonyl (C=O) groups is 3. The van der Waals surface area contributed by atoms with Gasteiger partial charge in [-0.1, -0.05) is 299 Å². The molecule has 0 aliphatic carbocycles. The Morgan fingerprint density at radius 1 is 0.267 bits per heavy atom. The Labute approximate surface area is 636 Å². The molecule has 4 N–H and O–H groups in total. The van der Waals surface area contributed by atoms with Crippen molar-refractivity contribution in [2.75, 3.05) is 39.6 Å². The third-order valence-corrected chi connectivity index (χ3v) is 18.0. The molecule has 0 saturated carbocycles. The zero-order chi connectivity index (χ0) is 76.6. The van der Waals surface area contributed by atoms with Gasteiger partial charge in [0.15, 0.2) is 6.10 Å². The van der Waals surface area contributed by atoms with Crippen LogP contribution in [0.2, 0.25) is 0 Å². The fourth-order valence-electron chi connectivity index (χ4n) is 10.1. The minimum atomic E-state index is -4.95. The van der Waals surface area contributed by atoms with Gasteiger partial charge in [-0.3, -0.25) is 32.5 Å². The third kappa shape index (κ3) is 79.5. The highest BCUT2D eigenvalue weighted by Crippen LogP contribution is 2.45. The van der Waals surface area contributed by atoms with E-state index in [1.54, 1.807) is 0 Å². The Hall–Kier alpha value is -5.35. The van der Waals surface area contributed by atoms with E-state index in [0.29, 0.717) is 19.3 Å². The molecule has 0 spiro atoms. The summed E-state index contributed by atoms with van der Waals surface area (Å²) < 4.78 is 61.2. The largest absolute Gasteiger partial charge is 0.472 e. The maximum absolute atomic E-state index is 13.0. The highest BCUT2D eigenvalue weighted by molar-refractivity contribution is 7.47. The number of carbonyl (C=O) groups excluding carboxylic acids is 3. The zero-order valence-corrected chi connectivity index (χ0v) is 66.9. The molecule has 0 rings (SSSR count). The van der Waals surface area contributed by atoms with E-state index in [1.165, 1.54) is 0 Å². The smallest absolute Gasteiger partial charge is 0.463 e. The molecule has 0 radical (unpaired) electrons. The topological polar surface area (TPSA) is 231 Å². The molecule has 18 heteroatoms. The van der Waals surface area contributed by atoms with Crippen LogP contribution < -0.4 is 0 Å². The lowest BCUT2D eigenvalue weighted by Gasteiger charge is -2.21. The summed E-state index contributed by atoms with van der Waals surface area (Å²) in [5.41, 5.74) is 0. The quantitative estimate of drug-likeness (QED) is 0.0146. The van der Waals surface area contributed by atoms with Gasteiger partial charge in [0.25, 0.3) is 0 Å². The van der Waals surface area contributed by atoms with Crippen LogP contribution in [0.3, 0.4) is 0 Å². The molecule has 0 fully saturated rings. The Morgan fingerprint density at radius 2 is 0.476 bits per heavy atom. The molecule has 0 aromatic rings. The van der Waals surface area contributed by atoms with Crippen molar-refractivity contribution in [1.29, 1.82) is 0 Å². The van der Waals surface area contributed by atoms with Gasteiger partial charge in [-0.2, -0.15) is 0 Å². The van der Waals surface area contributed by atoms with Gasteiger partial charge in [0.2, 0.25) is 0 Å². The lowest BCUT2D eigenvalue weighted by Crippen LogP contribution is -2.30. The lowest BCUT2D eigenvalue weighted by molar-refractivity contribution is -0.161. The number of hydrogen-bond acceptors (Lipinski definition) is 14. The minimum absolute atomic E-state index is 0.0811. The fourth-order valence-corrected chi connectivity index (χ4v) is 11.7. The number of esters is 3. The third-order valence-electron chi connectivity index (χ3n) is 16.1. The van der Waals surface area contributed by atoms with Crippen LogP contribution in [0.15, 0.2) is 182 Å². The second-order valence-corrected chi connectivity index (χ2v) is 29.0. The molecule has 596 valence electrons. The number of hydrogen-bond donors (Lipinski definition) is 4. The van der Waals surface area contributed by atoms with Crippen LogP contribution in [0.1, 0.15) is 290 Å². The first kappa shape index (κ1) is 99.7. The minimum Gasteiger partial charge on any atom is -0.463 e. The summed E-state index contributed by atoms with van der Waals surface area (Å²) in [6.07, 6.45) is 101. The molecule has 0 bridgehead atoms. The first-order chi connectivity index (χ1) is 51.2. The molecule has 0 heterocycles. The second-order valence-electron chi connectivity index (χ2n) is 26.1. The van der Waals surface area contributed by atoms with Crippen molar-refractivity contribution in [3.05, 3.63) is 182 Å². The Bertz CT molecular complexity index is 2640. The first-order valence-electron chi connectivity index (χ1n) is 40.1. The van der Waals surface area contributed by atoms with E-state index in [-0.39, 0.29) is 19.3 Å². The molecule has 5 unspecified atom stereocenters. The van der Waals surface area contributed by atoms with Crippen LogP contribution in [0.25, 0.3) is 0 Å². The number of phosphoric acid groups is 2. The van der Waals surface area contributed by atoms with Crippen molar-refractivity contribution in [3.8, 4) is 0 Å². The second kappa shape index (κ2) is 78.2. The Morgan fingerprint density at radius 3 is 0.752 bits per heavy atom. The average molecular weight is 1510 g/mol. The van der Waals surface area contributed by atoms with Gasteiger partial charge in [0, 0.05) is 19.3 Å². The van der Waals surface area contributed by atoms with Crippen LogP contribution in [0, 0.1) is 0 Å². The van der Waals surface area contributed by atoms with Crippen LogP contribution in [0.5, 0.6) is 0 Å². The first-order valence-corrected chi connectivity index (χ1v) is 43.1. The monoisotopic (exact) mass is 1500 g/mol. The highest BCUT2D eigenvalue weighted by atomic mass is 31.2. The zero-order valence-electron chi connectivity index (χ0n) is 65.1. The van der Waals surface area contributed by atoms with E-state index in [4.69, 9.17) is 32.3 Å². The number of aliphatic hydroxyl groups is 2. The molecular weight excluding hydrogens is 1360 g/mol. The summed E-state index contributed by atoms with van der Waals surface area (Å²) in [5.74, 6) is -1.62. The van der Waals surface area contributed by atoms with Crippen LogP contribution >= 0.6 is 15.6 Å². The fraction of sp³-hybridized carbons (Fsp3) is 0.621. The van der Waals surface area contributed by atoms with E-state index < -0.39 is 91.5 Å². The van der Waals surface area contributed by atoms with Gasteiger partial charge in [-0.25, -0.2) is 9.13 Å². The Balaban J connectivity index is 4.76. The van der Waals surface area contributed by atoms with Crippen LogP contribution in [-0.2, 0) is 55.8 Å². The number of allylic oxidation sites excluding steroid dienone is 30. The molecule has 0 aromatic carbocycles. The highest BCUT2D eigenvalue weighted by Gasteiger charge is 2.29. The molecule has 5 atom stereocenters. The van der Waals surface area contributed by atoms with E-state index in [1.807, 2.05) is 0 Å². The standard InChI is InChI=1S/C87H142O16P2/c1-4-7-10-13-16-19-22-25-28-31-34-37-40-43-46-49-52-55-58-61-64-67-70-73-85(90)97-76-82(88)77-99-104(93,94)100-78-83(89)79-101-105(95,96)102-81-84(103-87(92)75-72-69-66-63-60-57-54-51-48-45-42-39-36-33-30-27-24-21-18-15-12-9-6-3)80-98-86(91)74-71-68-65-62-59-56-53-50-47-44-41-38-35-32-29-26-23-20-17-14-11-8-5-2/h7-12,16-21,25-30,34-39,43-48,82-84,88-89H,4-6,13-15,22-24,31-33,40-42,49-81H2,1-3H3,(H,93,94)(H,95,96)/b10-7-,11-8-,12-9-,19-16-,20-17-,21-18-,28-25-,29-26-,30-27-,37-34-,38-35-,39-36-,46-43-,47-44-,48-45-. The van der Waals surface area contributed by atoms with Gasteiger partial charge in [-0.05, 0) is 154 Å². The molecule has 105 heavy (non-hydrogen) atoms. The van der Waals surface area contributed by atoms with E-state index in [0.717, 1.165) is 231 Å². The van der Waals surface area contributed by atoms with Gasteiger partial charge in [0.05, 0.1) is 26.4 Å². The van der Waals surface area contributed by atoms with Crippen molar-refractivity contribution in [1.82, 2.24) is 0 Å². The number of phosphoric ester groups is 2. The maximum atomic E-state index is 13.0. The number of rotatable bonds is 74. The van der Waals surface area contributed by atoms with Crippen molar-refractivity contribution < 1.29 is 75.8 Å². The molecule has 0 aromatic heterocycles. The summed E-state index contributed by atoms with van der Waals surface area (Å²) in [7, 11) is -9.82. The summed E-state index contributed by atoms with van der Waals surface area (Å²) in [4.78, 5) is 58.8. The number of aliphatic hydroxyl groups excluding tert-OH is 2. The van der Waals surface area contributed by atoms with Gasteiger partial charge in [-0.15, -0.1) is 0 Å². The van der Waals surface area contributed by atoms with Crippen molar-refractivity contribution in [2.45, 2.75) is 309 Å². The predicted molar refractivity (Wildman–Crippen MR) is 435 cm³/mol. The predicted octanol–water partition coefficient (Wildman–Crippen LogP) is 23.8. The molecule has 0 amide bonds. The van der Waals surface area contributed by atoms with Crippen molar-refractivity contribution in [3.63, 3.8) is 0 Å². The van der Waals surface area contributed by atoms with E-state index >= 15 is 0 Å². The molecule has 0 saturated heterocycles. The summed E-state index contributed by atoms with van der Waals surface area (Å²) in [6.45, 7) is 2.29. The number of ether oxygens (including phenoxy) is 3. The summed E-state index contributed by atoms with van der Waals surface area (Å²) in [6, 6.07) is 0. The molecule has 16 nitrogen and oxygen atoms in total. The molecular formula is C87H142O16P2. The van der Waals surface area contributed by atoms with Crippen LogP contribution in [0.4, 0.5) is 0 Å². The SMILES string of the molecule is CC/C=C\C/C=C\C/C=C\C/C=C\C/C=C\CCCCCCCCCC(=O)OCC(O)COP(=O)(O)OCC(O)COP(=O)(O)OCC(COC(=O)CCCCCCCCC/C=C\C/C=C\C/C=C\C/C=C\C/C=C\CC)OC(=O)CCCCCCCCC/C=C\C/C=C\C/C=C\C/C=C\C/C=C\CC. The van der Waals surface area contributed by atoms with E-state index in [9.17, 15) is 43.5 Å². The van der Waals surface area contributed by atoms with Crippen molar-refractivity contribution >= 4 is 33.6 Å². The lowest BCUT2D eigenvalue weighted by atomic mass is 10.1.